The van der Waals surface area contributed by atoms with Gasteiger partial charge in [-0.05, 0) is 36.6 Å². The second-order valence-electron chi connectivity index (χ2n) is 7.04. The number of nitrogens with one attached hydrogen (secondary N) is 1. The molecular weight excluding hydrogens is 340 g/mol. The molecule has 3 aromatic rings. The maximum atomic E-state index is 12.6. The second-order valence-corrected chi connectivity index (χ2v) is 7.04. The van der Waals surface area contributed by atoms with Crippen molar-refractivity contribution >= 4 is 11.6 Å². The fraction of sp³-hybridized carbons (Fsp3) is 0.286. The van der Waals surface area contributed by atoms with E-state index in [1.165, 1.54) is 5.69 Å². The Bertz CT molecular complexity index is 1020. The average molecular weight is 362 g/mol. The molecule has 0 bridgehead atoms. The van der Waals surface area contributed by atoms with Crippen molar-refractivity contribution in [3.05, 3.63) is 82.3 Å². The van der Waals surface area contributed by atoms with E-state index < -0.39 is 0 Å². The fourth-order valence-electron chi connectivity index (χ4n) is 3.59. The van der Waals surface area contributed by atoms with Crippen molar-refractivity contribution in [1.82, 2.24) is 14.1 Å². The van der Waals surface area contributed by atoms with Gasteiger partial charge in [0.25, 0.3) is 5.56 Å². The minimum Gasteiger partial charge on any atom is -0.337 e. The third kappa shape index (κ3) is 3.69. The van der Waals surface area contributed by atoms with Crippen molar-refractivity contribution in [3.63, 3.8) is 0 Å². The summed E-state index contributed by atoms with van der Waals surface area (Å²) in [7, 11) is 2.00. The zero-order valence-corrected chi connectivity index (χ0v) is 15.3. The van der Waals surface area contributed by atoms with Crippen molar-refractivity contribution in [2.24, 2.45) is 13.0 Å². The topological polar surface area (TPSA) is 68.9 Å². The molecule has 0 fully saturated rings. The zero-order valence-electron chi connectivity index (χ0n) is 15.3. The molecule has 1 aliphatic carbocycles. The van der Waals surface area contributed by atoms with Gasteiger partial charge in [-0.2, -0.15) is 0 Å². The third-order valence-electron chi connectivity index (χ3n) is 5.16. The molecule has 1 aliphatic rings. The lowest BCUT2D eigenvalue weighted by Crippen LogP contribution is -2.28. The van der Waals surface area contributed by atoms with E-state index in [1.807, 2.05) is 48.3 Å². The van der Waals surface area contributed by atoms with Crippen molar-refractivity contribution in [3.8, 4) is 0 Å². The van der Waals surface area contributed by atoms with Gasteiger partial charge < -0.3 is 14.5 Å². The first kappa shape index (κ1) is 17.3. The number of rotatable bonds is 4. The molecule has 6 nitrogen and oxygen atoms in total. The minimum atomic E-state index is -0.0463. The SMILES string of the molecule is Cn1cnc2c1CCC(C(=O)Nc1ccc(Cn3ccccc3=O)cc1)C2. The van der Waals surface area contributed by atoms with Crippen LogP contribution >= 0.6 is 0 Å². The van der Waals surface area contributed by atoms with Crippen molar-refractivity contribution < 1.29 is 4.79 Å². The molecule has 6 heteroatoms. The molecule has 27 heavy (non-hydrogen) atoms. The van der Waals surface area contributed by atoms with E-state index in [1.54, 1.807) is 22.9 Å². The number of amides is 1. The summed E-state index contributed by atoms with van der Waals surface area (Å²) in [4.78, 5) is 28.8. The highest BCUT2D eigenvalue weighted by Crippen LogP contribution is 2.25. The van der Waals surface area contributed by atoms with Gasteiger partial charge in [0.1, 0.15) is 0 Å². The number of hydrogen-bond donors (Lipinski definition) is 1. The Morgan fingerprint density at radius 1 is 1.22 bits per heavy atom. The predicted molar refractivity (Wildman–Crippen MR) is 104 cm³/mol. The van der Waals surface area contributed by atoms with E-state index in [0.29, 0.717) is 13.0 Å². The summed E-state index contributed by atoms with van der Waals surface area (Å²) in [6.45, 7) is 0.513. The van der Waals surface area contributed by atoms with Gasteiger partial charge in [-0.25, -0.2) is 4.98 Å². The monoisotopic (exact) mass is 362 g/mol. The number of benzene rings is 1. The van der Waals surface area contributed by atoms with Crippen LogP contribution in [0.15, 0.2) is 59.8 Å². The maximum absolute atomic E-state index is 12.6. The van der Waals surface area contributed by atoms with Crippen LogP contribution in [0.3, 0.4) is 0 Å². The molecule has 0 spiro atoms. The van der Waals surface area contributed by atoms with Crippen LogP contribution < -0.4 is 10.9 Å². The van der Waals surface area contributed by atoms with Crippen LogP contribution in [0.2, 0.25) is 0 Å². The van der Waals surface area contributed by atoms with Crippen LogP contribution in [0.5, 0.6) is 0 Å². The predicted octanol–water partition coefficient (Wildman–Crippen LogP) is 2.37. The first-order chi connectivity index (χ1) is 13.1. The van der Waals surface area contributed by atoms with Crippen molar-refractivity contribution in [1.29, 1.82) is 0 Å². The summed E-state index contributed by atoms with van der Waals surface area (Å²) in [6.07, 6.45) is 6.01. The van der Waals surface area contributed by atoms with E-state index >= 15 is 0 Å². The number of anilines is 1. The molecule has 0 radical (unpaired) electrons. The molecule has 0 saturated heterocycles. The summed E-state index contributed by atoms with van der Waals surface area (Å²) >= 11 is 0. The largest absolute Gasteiger partial charge is 0.337 e. The van der Waals surface area contributed by atoms with Crippen LogP contribution in [0.25, 0.3) is 0 Å². The van der Waals surface area contributed by atoms with E-state index in [9.17, 15) is 9.59 Å². The lowest BCUT2D eigenvalue weighted by atomic mass is 9.89. The van der Waals surface area contributed by atoms with Crippen LogP contribution in [-0.4, -0.2) is 20.0 Å². The highest BCUT2D eigenvalue weighted by molar-refractivity contribution is 5.92. The van der Waals surface area contributed by atoms with Gasteiger partial charge >= 0.3 is 0 Å². The highest BCUT2D eigenvalue weighted by atomic mass is 16.2. The number of imidazole rings is 1. The number of aromatic nitrogens is 3. The molecule has 1 atom stereocenters. The molecule has 2 aromatic heterocycles. The summed E-state index contributed by atoms with van der Waals surface area (Å²) in [6, 6.07) is 12.8. The Hall–Kier alpha value is -3.15. The second kappa shape index (κ2) is 7.23. The molecule has 138 valence electrons. The summed E-state index contributed by atoms with van der Waals surface area (Å²) in [5, 5.41) is 3.01. The van der Waals surface area contributed by atoms with Crippen LogP contribution in [0.4, 0.5) is 5.69 Å². The van der Waals surface area contributed by atoms with Gasteiger partial charge in [0, 0.05) is 43.0 Å². The Kier molecular flexibility index (Phi) is 4.62. The minimum absolute atomic E-state index is 0.0268. The first-order valence-corrected chi connectivity index (χ1v) is 9.14. The summed E-state index contributed by atoms with van der Waals surface area (Å²) in [5.74, 6) is -0.00620. The molecule has 2 heterocycles. The molecule has 1 unspecified atom stereocenters. The van der Waals surface area contributed by atoms with Crippen molar-refractivity contribution in [2.75, 3.05) is 5.32 Å². The van der Waals surface area contributed by atoms with Gasteiger partial charge in [0.2, 0.25) is 5.91 Å². The van der Waals surface area contributed by atoms with E-state index in [0.717, 1.165) is 29.8 Å². The number of carbonyl (C=O) groups is 1. The first-order valence-electron chi connectivity index (χ1n) is 9.14. The molecular formula is C21H22N4O2. The molecule has 1 aromatic carbocycles. The van der Waals surface area contributed by atoms with Gasteiger partial charge in [-0.15, -0.1) is 0 Å². The zero-order chi connectivity index (χ0) is 18.8. The summed E-state index contributed by atoms with van der Waals surface area (Å²) < 4.78 is 3.69. The number of hydrogen-bond acceptors (Lipinski definition) is 3. The highest BCUT2D eigenvalue weighted by Gasteiger charge is 2.27. The molecule has 0 saturated carbocycles. The number of pyridine rings is 1. The molecule has 1 amide bonds. The fourth-order valence-corrected chi connectivity index (χ4v) is 3.59. The normalized spacial score (nSPS) is 16.0. The number of fused-ring (bicyclic) bond motifs is 1. The lowest BCUT2D eigenvalue weighted by molar-refractivity contribution is -0.120. The average Bonchev–Trinajstić information content (AvgIpc) is 3.05. The standard InChI is InChI=1S/C21H22N4O2/c1-24-14-22-18-12-16(7-10-19(18)24)21(27)23-17-8-5-15(6-9-17)13-25-11-3-2-4-20(25)26/h2-6,8-9,11,14,16H,7,10,12-13H2,1H3,(H,23,27). The van der Waals surface area contributed by atoms with Crippen LogP contribution in [0.1, 0.15) is 23.4 Å². The van der Waals surface area contributed by atoms with Gasteiger partial charge in [-0.1, -0.05) is 18.2 Å². The molecule has 0 aliphatic heterocycles. The maximum Gasteiger partial charge on any atom is 0.250 e. The smallest absolute Gasteiger partial charge is 0.250 e. The van der Waals surface area contributed by atoms with E-state index in [-0.39, 0.29) is 17.4 Å². The molecule has 4 rings (SSSR count). The van der Waals surface area contributed by atoms with Gasteiger partial charge in [0.15, 0.2) is 0 Å². The van der Waals surface area contributed by atoms with Gasteiger partial charge in [0.05, 0.1) is 18.6 Å². The number of aryl methyl sites for hydroxylation is 1. The Morgan fingerprint density at radius 2 is 2.04 bits per heavy atom. The molecule has 1 N–H and O–H groups in total. The Labute approximate surface area is 157 Å². The third-order valence-corrected chi connectivity index (χ3v) is 5.16. The lowest BCUT2D eigenvalue weighted by Gasteiger charge is -2.21. The van der Waals surface area contributed by atoms with Crippen LogP contribution in [-0.2, 0) is 31.2 Å². The van der Waals surface area contributed by atoms with E-state index in [4.69, 9.17) is 0 Å². The quantitative estimate of drug-likeness (QED) is 0.775. The van der Waals surface area contributed by atoms with E-state index in [2.05, 4.69) is 10.3 Å². The number of carbonyl (C=O) groups excluding carboxylic acids is 1. The van der Waals surface area contributed by atoms with Gasteiger partial charge in [-0.3, -0.25) is 9.59 Å². The summed E-state index contributed by atoms with van der Waals surface area (Å²) in [5.41, 5.74) is 4.03. The Morgan fingerprint density at radius 3 is 2.81 bits per heavy atom. The van der Waals surface area contributed by atoms with Crippen LogP contribution in [0, 0.1) is 5.92 Å². The number of nitrogens with zero attached hydrogens (tertiary/aromatic N) is 3. The van der Waals surface area contributed by atoms with Crippen molar-refractivity contribution in [2.45, 2.75) is 25.8 Å². The Balaban J connectivity index is 1.39.